The molecule has 2 heterocycles. The van der Waals surface area contributed by atoms with E-state index in [1.165, 1.54) is 12.1 Å². The Morgan fingerprint density at radius 1 is 1.19 bits per heavy atom. The number of amides is 1. The number of rotatable bonds is 3. The summed E-state index contributed by atoms with van der Waals surface area (Å²) >= 11 is 0. The van der Waals surface area contributed by atoms with Crippen LogP contribution in [-0.4, -0.2) is 46.3 Å². The van der Waals surface area contributed by atoms with Crippen LogP contribution in [0.15, 0.2) is 54.6 Å². The fourth-order valence-electron chi connectivity index (χ4n) is 3.95. The van der Waals surface area contributed by atoms with Crippen molar-refractivity contribution in [2.24, 2.45) is 0 Å². The van der Waals surface area contributed by atoms with E-state index in [2.05, 4.69) is 15.6 Å². The molecule has 7 nitrogen and oxygen atoms in total. The Morgan fingerprint density at radius 2 is 1.88 bits per heavy atom. The summed E-state index contributed by atoms with van der Waals surface area (Å²) in [6.07, 6.45) is -0.222. The van der Waals surface area contributed by atoms with E-state index in [0.717, 1.165) is 12.5 Å². The number of aromatic nitrogens is 1. The molecular weight excluding hydrogens is 413 g/mol. The van der Waals surface area contributed by atoms with Gasteiger partial charge in [0.2, 0.25) is 0 Å². The van der Waals surface area contributed by atoms with Crippen LogP contribution in [0.5, 0.6) is 0 Å². The van der Waals surface area contributed by atoms with E-state index in [0.29, 0.717) is 41.7 Å². The second-order valence-electron chi connectivity index (χ2n) is 7.75. The largest absolute Gasteiger partial charge is 0.481 e. The first-order valence-corrected chi connectivity index (χ1v) is 10.3. The van der Waals surface area contributed by atoms with E-state index in [9.17, 15) is 14.3 Å². The summed E-state index contributed by atoms with van der Waals surface area (Å²) in [6.45, 7) is 3.91. The number of β-amino-alcohol motifs (C(OH)–C–C–N with tert-alkyl or cyclic N) is 1. The highest BCUT2D eigenvalue weighted by atomic mass is 19.1. The van der Waals surface area contributed by atoms with Gasteiger partial charge in [-0.2, -0.15) is 0 Å². The zero-order valence-corrected chi connectivity index (χ0v) is 17.9. The molecular formula is C24H26FN3O4. The lowest BCUT2D eigenvalue weighted by Gasteiger charge is -2.43. The molecule has 168 valence electrons. The lowest BCUT2D eigenvalue weighted by atomic mass is 9.79. The summed E-state index contributed by atoms with van der Waals surface area (Å²) in [5.41, 5.74) is 1.45. The fourth-order valence-corrected chi connectivity index (χ4v) is 3.95. The maximum absolute atomic E-state index is 13.6. The van der Waals surface area contributed by atoms with Gasteiger partial charge in [0, 0.05) is 30.6 Å². The fraction of sp³-hybridized carbons (Fsp3) is 0.292. The lowest BCUT2D eigenvalue weighted by molar-refractivity contribution is -0.134. The van der Waals surface area contributed by atoms with Crippen LogP contribution < -0.4 is 10.6 Å². The predicted octanol–water partition coefficient (Wildman–Crippen LogP) is 2.75. The highest BCUT2D eigenvalue weighted by molar-refractivity contribution is 6.06. The van der Waals surface area contributed by atoms with Gasteiger partial charge in [-0.05, 0) is 43.7 Å². The first-order chi connectivity index (χ1) is 15.2. The molecule has 3 aromatic rings. The molecule has 0 saturated carbocycles. The maximum Gasteiger partial charge on any atom is 0.300 e. The summed E-state index contributed by atoms with van der Waals surface area (Å²) in [5.74, 6) is -1.54. The molecule has 1 fully saturated rings. The number of nitrogens with one attached hydrogen (secondary N) is 2. The number of hydrogen-bond donors (Lipinski definition) is 4. The number of aliphatic hydroxyl groups is 1. The van der Waals surface area contributed by atoms with Crippen molar-refractivity contribution in [2.45, 2.75) is 31.9 Å². The molecule has 1 aromatic heterocycles. The third kappa shape index (κ3) is 5.09. The molecule has 0 bridgehead atoms. The number of piperidine rings is 1. The number of halogens is 1. The number of aliphatic hydroxyl groups excluding tert-OH is 1. The van der Waals surface area contributed by atoms with Gasteiger partial charge >= 0.3 is 0 Å². The van der Waals surface area contributed by atoms with Crippen LogP contribution in [0, 0.1) is 12.7 Å². The van der Waals surface area contributed by atoms with Crippen molar-refractivity contribution >= 4 is 22.8 Å². The van der Waals surface area contributed by atoms with Crippen LogP contribution in [0.1, 0.15) is 35.0 Å². The van der Waals surface area contributed by atoms with Gasteiger partial charge in [-0.1, -0.05) is 30.3 Å². The van der Waals surface area contributed by atoms with Gasteiger partial charge in [-0.3, -0.25) is 14.6 Å². The number of benzene rings is 2. The van der Waals surface area contributed by atoms with E-state index < -0.39 is 23.4 Å². The summed E-state index contributed by atoms with van der Waals surface area (Å²) in [5, 5.41) is 25.1. The average Bonchev–Trinajstić information content (AvgIpc) is 2.74. The van der Waals surface area contributed by atoms with Gasteiger partial charge in [0.25, 0.3) is 11.9 Å². The quantitative estimate of drug-likeness (QED) is 0.499. The molecule has 8 heteroatoms. The molecule has 1 aliphatic heterocycles. The molecule has 0 radical (unpaired) electrons. The van der Waals surface area contributed by atoms with E-state index in [4.69, 9.17) is 9.90 Å². The first kappa shape index (κ1) is 23.3. The number of fused-ring (bicyclic) bond motifs is 1. The Kier molecular flexibility index (Phi) is 7.17. The summed E-state index contributed by atoms with van der Waals surface area (Å²) in [7, 11) is 0. The molecule has 0 aliphatic carbocycles. The van der Waals surface area contributed by atoms with Crippen molar-refractivity contribution in [1.82, 2.24) is 15.6 Å². The van der Waals surface area contributed by atoms with Crippen LogP contribution in [0.25, 0.3) is 10.9 Å². The third-order valence-corrected chi connectivity index (χ3v) is 5.37. The minimum Gasteiger partial charge on any atom is -0.481 e. The number of carboxylic acids is 1. The standard InChI is InChI=1S/C22H22FN3O2.C2H4O2/c1-14-11-18(17-8-7-16(23)12-19(17)25-14)21(28)26-22(9-10-24-13-20(22)27)15-5-3-2-4-6-15;1-2(3)4/h2-8,11-12,20,24,27H,9-10,13H2,1H3,(H,26,28);1H3,(H,3,4)/t20-,22-;/m1./s1. The molecule has 1 aliphatic rings. The van der Waals surface area contributed by atoms with E-state index in [1.807, 2.05) is 30.3 Å². The average molecular weight is 439 g/mol. The Labute approximate surface area is 185 Å². The SMILES string of the molecule is CC(=O)O.Cc1cc(C(=O)N[C@@]2(c3ccccc3)CCNC[C@H]2O)c2ccc(F)cc2n1. The number of carbonyl (C=O) groups excluding carboxylic acids is 1. The second-order valence-corrected chi connectivity index (χ2v) is 7.75. The summed E-state index contributed by atoms with van der Waals surface area (Å²) in [6, 6.07) is 15.4. The molecule has 1 saturated heterocycles. The van der Waals surface area contributed by atoms with Gasteiger partial charge in [-0.15, -0.1) is 0 Å². The summed E-state index contributed by atoms with van der Waals surface area (Å²) < 4.78 is 13.6. The van der Waals surface area contributed by atoms with Gasteiger partial charge in [0.05, 0.1) is 22.7 Å². The highest BCUT2D eigenvalue weighted by Gasteiger charge is 2.43. The number of nitrogens with zero attached hydrogens (tertiary/aromatic N) is 1. The number of carboxylic acid groups (broad SMARTS) is 1. The van der Waals surface area contributed by atoms with Crippen molar-refractivity contribution in [3.63, 3.8) is 0 Å². The first-order valence-electron chi connectivity index (χ1n) is 10.3. The van der Waals surface area contributed by atoms with Crippen molar-refractivity contribution in [3.8, 4) is 0 Å². The lowest BCUT2D eigenvalue weighted by Crippen LogP contribution is -2.61. The van der Waals surface area contributed by atoms with Crippen molar-refractivity contribution in [1.29, 1.82) is 0 Å². The molecule has 0 spiro atoms. The highest BCUT2D eigenvalue weighted by Crippen LogP contribution is 2.32. The number of pyridine rings is 1. The molecule has 0 unspecified atom stereocenters. The number of aryl methyl sites for hydroxylation is 1. The normalized spacial score (nSPS) is 20.2. The Hall–Kier alpha value is -3.36. The monoisotopic (exact) mass is 439 g/mol. The number of hydrogen-bond acceptors (Lipinski definition) is 5. The van der Waals surface area contributed by atoms with E-state index in [1.54, 1.807) is 19.1 Å². The Bertz CT molecular complexity index is 1110. The van der Waals surface area contributed by atoms with E-state index in [-0.39, 0.29) is 5.91 Å². The predicted molar refractivity (Wildman–Crippen MR) is 119 cm³/mol. The molecule has 2 atom stereocenters. The van der Waals surface area contributed by atoms with Crippen molar-refractivity contribution in [2.75, 3.05) is 13.1 Å². The smallest absolute Gasteiger partial charge is 0.300 e. The molecule has 2 aromatic carbocycles. The van der Waals surface area contributed by atoms with Gasteiger partial charge in [0.1, 0.15) is 5.82 Å². The van der Waals surface area contributed by atoms with Crippen molar-refractivity contribution in [3.05, 3.63) is 77.2 Å². The molecule has 32 heavy (non-hydrogen) atoms. The third-order valence-electron chi connectivity index (χ3n) is 5.37. The summed E-state index contributed by atoms with van der Waals surface area (Å²) in [4.78, 5) is 26.7. The molecule has 1 amide bonds. The van der Waals surface area contributed by atoms with Crippen LogP contribution in [0.3, 0.4) is 0 Å². The van der Waals surface area contributed by atoms with Gasteiger partial charge in [0.15, 0.2) is 0 Å². The minimum absolute atomic E-state index is 0.313. The van der Waals surface area contributed by atoms with Crippen LogP contribution in [0.2, 0.25) is 0 Å². The number of carbonyl (C=O) groups is 2. The second kappa shape index (κ2) is 9.84. The molecule has 4 rings (SSSR count). The van der Waals surface area contributed by atoms with Gasteiger partial charge in [-0.25, -0.2) is 4.39 Å². The Balaban J connectivity index is 0.000000668. The van der Waals surface area contributed by atoms with Crippen LogP contribution >= 0.6 is 0 Å². The number of aliphatic carboxylic acids is 1. The molecule has 4 N–H and O–H groups in total. The van der Waals surface area contributed by atoms with Crippen LogP contribution in [-0.2, 0) is 10.3 Å². The van der Waals surface area contributed by atoms with Gasteiger partial charge < -0.3 is 20.8 Å². The van der Waals surface area contributed by atoms with Crippen LogP contribution in [0.4, 0.5) is 4.39 Å². The topological polar surface area (TPSA) is 112 Å². The Morgan fingerprint density at radius 3 is 2.53 bits per heavy atom. The maximum atomic E-state index is 13.6. The zero-order chi connectivity index (χ0) is 23.3. The zero-order valence-electron chi connectivity index (χ0n) is 17.9. The van der Waals surface area contributed by atoms with E-state index >= 15 is 0 Å². The van der Waals surface area contributed by atoms with Crippen molar-refractivity contribution < 1.29 is 24.2 Å². The minimum atomic E-state index is -0.896.